The Bertz CT molecular complexity index is 527. The summed E-state index contributed by atoms with van der Waals surface area (Å²) in [7, 11) is 6.00. The minimum absolute atomic E-state index is 0.852. The van der Waals surface area contributed by atoms with Crippen LogP contribution in [0.3, 0.4) is 0 Å². The van der Waals surface area contributed by atoms with Crippen LogP contribution >= 0.6 is 0 Å². The van der Waals surface area contributed by atoms with Crippen molar-refractivity contribution in [3.63, 3.8) is 0 Å². The molecule has 1 heterocycles. The SMILES string of the molecule is CN(C)c1ccc(N=Nc2cc[n+](C)cc2)cc1. The first-order valence-corrected chi connectivity index (χ1v) is 5.79. The number of anilines is 1. The Morgan fingerprint density at radius 1 is 0.833 bits per heavy atom. The van der Waals surface area contributed by atoms with Crippen molar-refractivity contribution in [1.29, 1.82) is 0 Å². The van der Waals surface area contributed by atoms with E-state index >= 15 is 0 Å². The van der Waals surface area contributed by atoms with Crippen molar-refractivity contribution in [2.75, 3.05) is 19.0 Å². The van der Waals surface area contributed by atoms with Gasteiger partial charge in [-0.05, 0) is 24.3 Å². The quantitative estimate of drug-likeness (QED) is 0.600. The van der Waals surface area contributed by atoms with Crippen LogP contribution in [0, 0.1) is 0 Å². The van der Waals surface area contributed by atoms with Gasteiger partial charge in [-0.3, -0.25) is 0 Å². The van der Waals surface area contributed by atoms with Gasteiger partial charge in [-0.25, -0.2) is 4.57 Å². The fraction of sp³-hybridized carbons (Fsp3) is 0.214. The second kappa shape index (κ2) is 5.40. The number of aromatic nitrogens is 1. The highest BCUT2D eigenvalue weighted by atomic mass is 15.1. The van der Waals surface area contributed by atoms with E-state index in [2.05, 4.69) is 15.1 Å². The topological polar surface area (TPSA) is 31.8 Å². The van der Waals surface area contributed by atoms with Crippen molar-refractivity contribution in [3.8, 4) is 0 Å². The van der Waals surface area contributed by atoms with Gasteiger partial charge >= 0.3 is 0 Å². The molecule has 0 N–H and O–H groups in total. The molecule has 0 bridgehead atoms. The Morgan fingerprint density at radius 2 is 1.33 bits per heavy atom. The molecule has 0 fully saturated rings. The van der Waals surface area contributed by atoms with E-state index < -0.39 is 0 Å². The summed E-state index contributed by atoms with van der Waals surface area (Å²) in [5.41, 5.74) is 2.86. The Hall–Kier alpha value is -2.23. The van der Waals surface area contributed by atoms with Gasteiger partial charge in [0.2, 0.25) is 0 Å². The predicted octanol–water partition coefficient (Wildman–Crippen LogP) is 2.99. The van der Waals surface area contributed by atoms with E-state index in [-0.39, 0.29) is 0 Å². The van der Waals surface area contributed by atoms with E-state index in [4.69, 9.17) is 0 Å². The van der Waals surface area contributed by atoms with Crippen molar-refractivity contribution in [2.45, 2.75) is 0 Å². The molecule has 0 amide bonds. The highest BCUT2D eigenvalue weighted by molar-refractivity contribution is 5.51. The molecule has 0 radical (unpaired) electrons. The summed E-state index contributed by atoms with van der Waals surface area (Å²) in [4.78, 5) is 2.05. The molecule has 0 aliphatic heterocycles. The lowest BCUT2D eigenvalue weighted by Gasteiger charge is -2.11. The van der Waals surface area contributed by atoms with Gasteiger partial charge in [0.05, 0.1) is 11.4 Å². The average Bonchev–Trinajstić information content (AvgIpc) is 2.38. The number of nitrogens with zero attached hydrogens (tertiary/aromatic N) is 4. The van der Waals surface area contributed by atoms with E-state index in [1.807, 2.05) is 74.5 Å². The van der Waals surface area contributed by atoms with Gasteiger partial charge in [0.1, 0.15) is 7.05 Å². The molecule has 0 unspecified atom stereocenters. The smallest absolute Gasteiger partial charge is 0.170 e. The second-order valence-corrected chi connectivity index (χ2v) is 4.33. The van der Waals surface area contributed by atoms with Crippen LogP contribution in [0.4, 0.5) is 17.1 Å². The molecule has 0 aliphatic rings. The van der Waals surface area contributed by atoms with Crippen LogP contribution in [-0.2, 0) is 7.05 Å². The normalized spacial score (nSPS) is 10.8. The summed E-state index contributed by atoms with van der Waals surface area (Å²) in [6, 6.07) is 11.8. The van der Waals surface area contributed by atoms with Gasteiger partial charge in [-0.2, -0.15) is 10.2 Å². The maximum absolute atomic E-state index is 4.20. The number of benzene rings is 1. The van der Waals surface area contributed by atoms with Crippen LogP contribution in [0.1, 0.15) is 0 Å². The molecule has 0 saturated carbocycles. The first-order valence-electron chi connectivity index (χ1n) is 5.79. The van der Waals surface area contributed by atoms with E-state index in [0.29, 0.717) is 0 Å². The third-order valence-corrected chi connectivity index (χ3v) is 2.61. The van der Waals surface area contributed by atoms with Gasteiger partial charge in [0.25, 0.3) is 0 Å². The van der Waals surface area contributed by atoms with Gasteiger partial charge < -0.3 is 4.90 Å². The Kier molecular flexibility index (Phi) is 3.67. The first kappa shape index (κ1) is 12.2. The number of hydrogen-bond acceptors (Lipinski definition) is 3. The standard InChI is InChI=1S/C14H17N4/c1-17(2)14-6-4-12(5-7-14)15-16-13-8-10-18(3)11-9-13/h4-11H,1-3H3/q+1. The molecule has 0 atom stereocenters. The summed E-state index contributed by atoms with van der Waals surface area (Å²) in [5.74, 6) is 0. The van der Waals surface area contributed by atoms with Crippen molar-refractivity contribution in [1.82, 2.24) is 0 Å². The molecule has 1 aromatic carbocycles. The molecule has 18 heavy (non-hydrogen) atoms. The molecule has 4 nitrogen and oxygen atoms in total. The zero-order valence-corrected chi connectivity index (χ0v) is 10.9. The molecule has 2 aromatic rings. The van der Waals surface area contributed by atoms with E-state index in [9.17, 15) is 0 Å². The maximum Gasteiger partial charge on any atom is 0.170 e. The highest BCUT2D eigenvalue weighted by Gasteiger charge is 1.96. The van der Waals surface area contributed by atoms with Crippen LogP contribution in [0.2, 0.25) is 0 Å². The average molecular weight is 241 g/mol. The molecule has 0 spiro atoms. The number of azo groups is 1. The molecule has 92 valence electrons. The van der Waals surface area contributed by atoms with Crippen LogP contribution in [0.25, 0.3) is 0 Å². The van der Waals surface area contributed by atoms with Crippen LogP contribution < -0.4 is 9.47 Å². The zero-order valence-electron chi connectivity index (χ0n) is 10.9. The fourth-order valence-electron chi connectivity index (χ4n) is 1.49. The van der Waals surface area contributed by atoms with Gasteiger partial charge in [0.15, 0.2) is 12.4 Å². The van der Waals surface area contributed by atoms with Gasteiger partial charge in [-0.15, -0.1) is 0 Å². The monoisotopic (exact) mass is 241 g/mol. The zero-order chi connectivity index (χ0) is 13.0. The Morgan fingerprint density at radius 3 is 1.83 bits per heavy atom. The third-order valence-electron chi connectivity index (χ3n) is 2.61. The van der Waals surface area contributed by atoms with Crippen LogP contribution in [0.5, 0.6) is 0 Å². The Labute approximate surface area is 107 Å². The summed E-state index contributed by atoms with van der Waals surface area (Å²) >= 11 is 0. The molecular formula is C14H17N4+. The Balaban J connectivity index is 2.11. The minimum atomic E-state index is 0.852. The van der Waals surface area contributed by atoms with Gasteiger partial charge in [-0.1, -0.05) is 0 Å². The van der Waals surface area contributed by atoms with E-state index in [0.717, 1.165) is 17.1 Å². The lowest BCUT2D eigenvalue weighted by atomic mass is 10.3. The molecule has 4 heteroatoms. The van der Waals surface area contributed by atoms with Crippen molar-refractivity contribution in [3.05, 3.63) is 48.8 Å². The largest absolute Gasteiger partial charge is 0.378 e. The summed E-state index contributed by atoms with van der Waals surface area (Å²) in [5, 5.41) is 8.39. The summed E-state index contributed by atoms with van der Waals surface area (Å²) in [6.07, 6.45) is 3.90. The molecule has 0 aliphatic carbocycles. The van der Waals surface area contributed by atoms with E-state index in [1.54, 1.807) is 0 Å². The lowest BCUT2D eigenvalue weighted by Crippen LogP contribution is -2.25. The van der Waals surface area contributed by atoms with Crippen LogP contribution in [-0.4, -0.2) is 14.1 Å². The van der Waals surface area contributed by atoms with Crippen molar-refractivity contribution in [2.24, 2.45) is 17.3 Å². The number of rotatable bonds is 3. The number of pyridine rings is 1. The molecule has 0 saturated heterocycles. The molecule has 2 rings (SSSR count). The fourth-order valence-corrected chi connectivity index (χ4v) is 1.49. The van der Waals surface area contributed by atoms with Crippen molar-refractivity contribution < 1.29 is 4.57 Å². The van der Waals surface area contributed by atoms with Gasteiger partial charge in [0, 0.05) is 31.9 Å². The first-order chi connectivity index (χ1) is 8.65. The number of aryl methyl sites for hydroxylation is 1. The minimum Gasteiger partial charge on any atom is -0.378 e. The second-order valence-electron chi connectivity index (χ2n) is 4.33. The lowest BCUT2D eigenvalue weighted by molar-refractivity contribution is -0.671. The van der Waals surface area contributed by atoms with Crippen LogP contribution in [0.15, 0.2) is 59.0 Å². The number of hydrogen-bond donors (Lipinski definition) is 0. The molecular weight excluding hydrogens is 224 g/mol. The maximum atomic E-state index is 4.20. The summed E-state index contributed by atoms with van der Waals surface area (Å²) < 4.78 is 1.96. The predicted molar refractivity (Wildman–Crippen MR) is 72.6 cm³/mol. The molecule has 1 aromatic heterocycles. The highest BCUT2D eigenvalue weighted by Crippen LogP contribution is 2.20. The van der Waals surface area contributed by atoms with E-state index in [1.165, 1.54) is 0 Å². The van der Waals surface area contributed by atoms with Crippen molar-refractivity contribution >= 4 is 17.1 Å². The third kappa shape index (κ3) is 3.13. The summed E-state index contributed by atoms with van der Waals surface area (Å²) in [6.45, 7) is 0.